The van der Waals surface area contributed by atoms with E-state index in [1.165, 1.54) is 25.3 Å². The molecule has 1 rings (SSSR count). The van der Waals surface area contributed by atoms with Gasteiger partial charge in [-0.15, -0.1) is 0 Å². The smallest absolute Gasteiger partial charge is 0.124 e. The van der Waals surface area contributed by atoms with Gasteiger partial charge in [0.1, 0.15) is 10.8 Å². The van der Waals surface area contributed by atoms with Crippen molar-refractivity contribution in [3.8, 4) is 0 Å². The van der Waals surface area contributed by atoms with E-state index in [-0.39, 0.29) is 10.8 Å². The first-order valence-electron chi connectivity index (χ1n) is 7.27. The van der Waals surface area contributed by atoms with Gasteiger partial charge in [0, 0.05) is 18.2 Å². The van der Waals surface area contributed by atoms with Crippen LogP contribution >= 0.6 is 12.2 Å². The number of thiocarbonyl (C=S) groups is 1. The van der Waals surface area contributed by atoms with Crippen molar-refractivity contribution in [3.63, 3.8) is 0 Å². The van der Waals surface area contributed by atoms with Crippen LogP contribution in [0.3, 0.4) is 0 Å². The van der Waals surface area contributed by atoms with Gasteiger partial charge in [0.05, 0.1) is 0 Å². The van der Waals surface area contributed by atoms with Crippen molar-refractivity contribution in [2.45, 2.75) is 52.6 Å². The third kappa shape index (κ3) is 5.55. The number of benzene rings is 1. The van der Waals surface area contributed by atoms with Gasteiger partial charge in [-0.25, -0.2) is 4.39 Å². The third-order valence-electron chi connectivity index (χ3n) is 3.41. The predicted octanol–water partition coefficient (Wildman–Crippen LogP) is 3.86. The van der Waals surface area contributed by atoms with E-state index in [1.807, 2.05) is 6.07 Å². The van der Waals surface area contributed by atoms with Crippen molar-refractivity contribution in [2.24, 2.45) is 5.73 Å². The summed E-state index contributed by atoms with van der Waals surface area (Å²) < 4.78 is 13.6. The lowest BCUT2D eigenvalue weighted by Crippen LogP contribution is -2.31. The standard InChI is InChI=1S/C16H25FN2S/c1-4-5-6-7-19(12(2)3)11-13-8-14(16(18)20)10-15(17)9-13/h8-10,12H,4-7,11H2,1-3H3,(H2,18,20). The Kier molecular flexibility index (Phi) is 7.10. The van der Waals surface area contributed by atoms with Gasteiger partial charge in [-0.05, 0) is 50.6 Å². The topological polar surface area (TPSA) is 29.3 Å². The average molecular weight is 296 g/mol. The summed E-state index contributed by atoms with van der Waals surface area (Å²) in [6, 6.07) is 5.28. The molecule has 4 heteroatoms. The highest BCUT2D eigenvalue weighted by molar-refractivity contribution is 7.80. The summed E-state index contributed by atoms with van der Waals surface area (Å²) in [6.07, 6.45) is 3.61. The minimum Gasteiger partial charge on any atom is -0.389 e. The highest BCUT2D eigenvalue weighted by atomic mass is 32.1. The Morgan fingerprint density at radius 3 is 2.55 bits per heavy atom. The summed E-state index contributed by atoms with van der Waals surface area (Å²) in [7, 11) is 0. The highest BCUT2D eigenvalue weighted by Gasteiger charge is 2.11. The van der Waals surface area contributed by atoms with E-state index in [9.17, 15) is 4.39 Å². The molecule has 0 saturated heterocycles. The maximum absolute atomic E-state index is 13.6. The summed E-state index contributed by atoms with van der Waals surface area (Å²) in [5.41, 5.74) is 7.12. The Hall–Kier alpha value is -1.00. The number of nitrogens with zero attached hydrogens (tertiary/aromatic N) is 1. The minimum absolute atomic E-state index is 0.243. The predicted molar refractivity (Wildman–Crippen MR) is 87.4 cm³/mol. The van der Waals surface area contributed by atoms with Crippen LogP contribution in [0.1, 0.15) is 51.2 Å². The molecule has 0 aromatic heterocycles. The van der Waals surface area contributed by atoms with Crippen LogP contribution in [0.2, 0.25) is 0 Å². The van der Waals surface area contributed by atoms with E-state index in [1.54, 1.807) is 6.07 Å². The highest BCUT2D eigenvalue weighted by Crippen LogP contribution is 2.14. The van der Waals surface area contributed by atoms with Crippen LogP contribution in [0.4, 0.5) is 4.39 Å². The molecular formula is C16H25FN2S. The second-order valence-electron chi connectivity index (χ2n) is 5.48. The molecule has 0 aliphatic carbocycles. The maximum atomic E-state index is 13.6. The summed E-state index contributed by atoms with van der Waals surface area (Å²) in [4.78, 5) is 2.60. The van der Waals surface area contributed by atoms with Crippen LogP contribution in [0, 0.1) is 5.82 Å². The van der Waals surface area contributed by atoms with Crippen LogP contribution in [-0.2, 0) is 6.54 Å². The molecule has 0 spiro atoms. The van der Waals surface area contributed by atoms with Gasteiger partial charge >= 0.3 is 0 Å². The summed E-state index contributed by atoms with van der Waals surface area (Å²) in [5.74, 6) is -0.275. The van der Waals surface area contributed by atoms with Crippen LogP contribution in [0.25, 0.3) is 0 Å². The molecule has 0 atom stereocenters. The van der Waals surface area contributed by atoms with E-state index in [4.69, 9.17) is 18.0 Å². The van der Waals surface area contributed by atoms with Gasteiger partial charge in [0.15, 0.2) is 0 Å². The van der Waals surface area contributed by atoms with Crippen molar-refractivity contribution >= 4 is 17.2 Å². The number of nitrogens with two attached hydrogens (primary N) is 1. The van der Waals surface area contributed by atoms with Crippen LogP contribution < -0.4 is 5.73 Å². The zero-order valence-electron chi connectivity index (χ0n) is 12.7. The largest absolute Gasteiger partial charge is 0.389 e. The number of unbranched alkanes of at least 4 members (excludes halogenated alkanes) is 2. The Balaban J connectivity index is 2.79. The average Bonchev–Trinajstić information content (AvgIpc) is 2.36. The Morgan fingerprint density at radius 2 is 2.00 bits per heavy atom. The molecular weight excluding hydrogens is 271 g/mol. The molecule has 0 aliphatic rings. The quantitative estimate of drug-likeness (QED) is 0.583. The molecule has 0 unspecified atom stereocenters. The van der Waals surface area contributed by atoms with E-state index in [0.29, 0.717) is 11.6 Å². The Morgan fingerprint density at radius 1 is 1.30 bits per heavy atom. The second-order valence-corrected chi connectivity index (χ2v) is 5.92. The first kappa shape index (κ1) is 17.1. The zero-order valence-corrected chi connectivity index (χ0v) is 13.5. The first-order chi connectivity index (χ1) is 9.43. The SMILES string of the molecule is CCCCCN(Cc1cc(F)cc(C(N)=S)c1)C(C)C. The maximum Gasteiger partial charge on any atom is 0.124 e. The first-order valence-corrected chi connectivity index (χ1v) is 7.68. The fourth-order valence-electron chi connectivity index (χ4n) is 2.20. The van der Waals surface area contributed by atoms with Gasteiger partial charge in [0.2, 0.25) is 0 Å². The molecule has 0 heterocycles. The monoisotopic (exact) mass is 296 g/mol. The number of rotatable bonds is 8. The Labute approximate surface area is 127 Å². The van der Waals surface area contributed by atoms with Crippen LogP contribution in [0.5, 0.6) is 0 Å². The molecule has 2 N–H and O–H groups in total. The molecule has 20 heavy (non-hydrogen) atoms. The molecule has 0 radical (unpaired) electrons. The molecule has 112 valence electrons. The molecule has 0 saturated carbocycles. The van der Waals surface area contributed by atoms with E-state index in [0.717, 1.165) is 18.7 Å². The van der Waals surface area contributed by atoms with Crippen molar-refractivity contribution < 1.29 is 4.39 Å². The molecule has 0 fully saturated rings. The molecule has 0 aliphatic heterocycles. The second kappa shape index (κ2) is 8.32. The molecule has 0 amide bonds. The summed E-state index contributed by atoms with van der Waals surface area (Å²) in [5, 5.41) is 0. The van der Waals surface area contributed by atoms with E-state index < -0.39 is 0 Å². The number of hydrogen-bond acceptors (Lipinski definition) is 2. The minimum atomic E-state index is -0.275. The fraction of sp³-hybridized carbons (Fsp3) is 0.562. The summed E-state index contributed by atoms with van der Waals surface area (Å²) >= 11 is 4.93. The third-order valence-corrected chi connectivity index (χ3v) is 3.64. The molecule has 0 bridgehead atoms. The van der Waals surface area contributed by atoms with Gasteiger partial charge in [-0.1, -0.05) is 32.0 Å². The number of halogens is 1. The lowest BCUT2D eigenvalue weighted by Gasteiger charge is -2.26. The van der Waals surface area contributed by atoms with Crippen molar-refractivity contribution in [1.29, 1.82) is 0 Å². The molecule has 1 aromatic carbocycles. The van der Waals surface area contributed by atoms with Gasteiger partial charge in [-0.2, -0.15) is 0 Å². The van der Waals surface area contributed by atoms with Gasteiger partial charge in [-0.3, -0.25) is 4.90 Å². The van der Waals surface area contributed by atoms with E-state index >= 15 is 0 Å². The number of hydrogen-bond donors (Lipinski definition) is 1. The summed E-state index contributed by atoms with van der Waals surface area (Å²) in [6.45, 7) is 8.29. The van der Waals surface area contributed by atoms with Gasteiger partial charge in [0.25, 0.3) is 0 Å². The molecule has 1 aromatic rings. The normalized spacial score (nSPS) is 11.3. The molecule has 2 nitrogen and oxygen atoms in total. The van der Waals surface area contributed by atoms with Crippen molar-refractivity contribution in [2.75, 3.05) is 6.54 Å². The van der Waals surface area contributed by atoms with Crippen molar-refractivity contribution in [1.82, 2.24) is 4.90 Å². The lowest BCUT2D eigenvalue weighted by atomic mass is 10.1. The fourth-order valence-corrected chi connectivity index (χ4v) is 2.32. The Bertz CT molecular complexity index is 446. The van der Waals surface area contributed by atoms with Crippen molar-refractivity contribution in [3.05, 3.63) is 35.1 Å². The van der Waals surface area contributed by atoms with E-state index in [2.05, 4.69) is 25.7 Å². The lowest BCUT2D eigenvalue weighted by molar-refractivity contribution is 0.208. The van der Waals surface area contributed by atoms with Crippen LogP contribution in [0.15, 0.2) is 18.2 Å². The van der Waals surface area contributed by atoms with Crippen LogP contribution in [-0.4, -0.2) is 22.5 Å². The zero-order chi connectivity index (χ0) is 15.1. The van der Waals surface area contributed by atoms with Gasteiger partial charge < -0.3 is 5.73 Å².